The Morgan fingerprint density at radius 3 is 1.91 bits per heavy atom. The van der Waals surface area contributed by atoms with Crippen molar-refractivity contribution in [2.24, 2.45) is 23.7 Å². The molecular weight excluding hydrogens is 849 g/mol. The molecule has 5 aliphatic carbocycles. The molecule has 6 aliphatic rings. The molecule has 70 heavy (non-hydrogen) atoms. The summed E-state index contributed by atoms with van der Waals surface area (Å²) in [6.45, 7) is 4.79. The molecule has 4 fully saturated rings. The zero-order valence-corrected chi connectivity index (χ0v) is 39.6. The topological polar surface area (TPSA) is 35.0 Å². The monoisotopic (exact) mass is 900 g/mol. The number of para-hydroxylation sites is 1. The van der Waals surface area contributed by atoms with Crippen LogP contribution in [0.15, 0.2) is 194 Å². The summed E-state index contributed by atoms with van der Waals surface area (Å²) < 4.78 is 7.24. The lowest BCUT2D eigenvalue weighted by atomic mass is 9.43. The molecule has 0 N–H and O–H groups in total. The standard InChI is InChI=1S/C67H52N2O/c1-66(2)57-20-8-9-21-61(57)70-64-58(66)31-30-55-54-28-26-46(38-59(54)67(62(55)64)50-33-40-32-41(35-50)36-51(67)34-40)47-27-29-56-60(39-47)68-65(45-24-22-43(23-25-45)42-12-4-3-5-13-42)69-63(56)49-17-10-16-48(37-49)53-19-11-15-44-14-6-7-18-52(44)53/h3-31,37-41,50-51H,32-36H2,1-2H3. The highest BCUT2D eigenvalue weighted by Crippen LogP contribution is 2.72. The molecule has 336 valence electrons. The van der Waals surface area contributed by atoms with E-state index in [-0.39, 0.29) is 10.8 Å². The Kier molecular flexibility index (Phi) is 8.60. The second-order valence-electron chi connectivity index (χ2n) is 21.7. The van der Waals surface area contributed by atoms with Gasteiger partial charge < -0.3 is 4.74 Å². The number of benzene rings is 9. The average Bonchev–Trinajstić information content (AvgIpc) is 3.70. The van der Waals surface area contributed by atoms with Crippen LogP contribution in [0.3, 0.4) is 0 Å². The van der Waals surface area contributed by atoms with Gasteiger partial charge in [0, 0.05) is 44.0 Å². The molecule has 0 saturated heterocycles. The largest absolute Gasteiger partial charge is 0.456 e. The van der Waals surface area contributed by atoms with E-state index in [1.165, 1.54) is 110 Å². The van der Waals surface area contributed by atoms with E-state index in [0.717, 1.165) is 56.9 Å². The van der Waals surface area contributed by atoms with Crippen molar-refractivity contribution in [2.45, 2.75) is 56.8 Å². The Bertz CT molecular complexity index is 3760. The van der Waals surface area contributed by atoms with E-state index in [1.807, 2.05) is 0 Å². The Labute approximate surface area is 409 Å². The third-order valence-electron chi connectivity index (χ3n) is 17.7. The lowest BCUT2D eigenvalue weighted by Crippen LogP contribution is -2.55. The van der Waals surface area contributed by atoms with Gasteiger partial charge in [-0.05, 0) is 147 Å². The van der Waals surface area contributed by atoms with Gasteiger partial charge in [0.1, 0.15) is 11.5 Å². The summed E-state index contributed by atoms with van der Waals surface area (Å²) in [7, 11) is 0. The van der Waals surface area contributed by atoms with Crippen LogP contribution in [0.4, 0.5) is 0 Å². The number of aromatic nitrogens is 2. The van der Waals surface area contributed by atoms with Crippen LogP contribution in [0, 0.1) is 23.7 Å². The van der Waals surface area contributed by atoms with Crippen molar-refractivity contribution in [3.05, 3.63) is 216 Å². The Balaban J connectivity index is 0.897. The normalized spacial score (nSPS) is 21.9. The fourth-order valence-corrected chi connectivity index (χ4v) is 14.8. The zero-order valence-electron chi connectivity index (χ0n) is 39.6. The Morgan fingerprint density at radius 2 is 1.07 bits per heavy atom. The molecular formula is C67H52N2O. The number of rotatable bonds is 5. The maximum Gasteiger partial charge on any atom is 0.160 e. The highest BCUT2D eigenvalue weighted by molar-refractivity contribution is 6.00. The molecule has 16 rings (SSSR count). The SMILES string of the molecule is CC1(C)c2ccccc2Oc2c1ccc1c2C2(c3cc(-c4ccc5c(-c6cccc(-c7cccc8ccccc78)c6)nc(-c6ccc(-c7ccccc7)cc6)nc5c4)ccc3-1)C1CC3CC(C1)CC2C3. The smallest absolute Gasteiger partial charge is 0.160 e. The molecule has 0 radical (unpaired) electrons. The summed E-state index contributed by atoms with van der Waals surface area (Å²) in [5.74, 6) is 5.74. The van der Waals surface area contributed by atoms with Gasteiger partial charge >= 0.3 is 0 Å². The van der Waals surface area contributed by atoms with Gasteiger partial charge in [-0.2, -0.15) is 0 Å². The summed E-state index contributed by atoms with van der Waals surface area (Å²) in [6, 6.07) is 71.4. The van der Waals surface area contributed by atoms with E-state index in [0.29, 0.717) is 11.8 Å². The van der Waals surface area contributed by atoms with Crippen LogP contribution in [0.5, 0.6) is 11.5 Å². The number of ether oxygens (including phenoxy) is 1. The highest BCUT2D eigenvalue weighted by Gasteiger charge is 2.63. The van der Waals surface area contributed by atoms with E-state index in [2.05, 4.69) is 208 Å². The van der Waals surface area contributed by atoms with Gasteiger partial charge in [-0.25, -0.2) is 9.97 Å². The minimum absolute atomic E-state index is 0.0812. The van der Waals surface area contributed by atoms with Gasteiger partial charge in [-0.1, -0.05) is 178 Å². The zero-order chi connectivity index (χ0) is 46.3. The predicted octanol–water partition coefficient (Wildman–Crippen LogP) is 17.3. The van der Waals surface area contributed by atoms with Crippen LogP contribution >= 0.6 is 0 Å². The van der Waals surface area contributed by atoms with E-state index >= 15 is 0 Å². The number of fused-ring (bicyclic) bond motifs is 8. The molecule has 3 heteroatoms. The number of hydrogen-bond acceptors (Lipinski definition) is 3. The predicted molar refractivity (Wildman–Crippen MR) is 286 cm³/mol. The lowest BCUT2D eigenvalue weighted by molar-refractivity contribution is -0.0406. The van der Waals surface area contributed by atoms with E-state index in [1.54, 1.807) is 0 Å². The molecule has 1 spiro atoms. The molecule has 4 bridgehead atoms. The van der Waals surface area contributed by atoms with Crippen molar-refractivity contribution in [3.8, 4) is 78.7 Å². The number of hydrogen-bond donors (Lipinski definition) is 0. The molecule has 2 heterocycles. The second-order valence-corrected chi connectivity index (χ2v) is 21.7. The Hall–Kier alpha value is -7.62. The van der Waals surface area contributed by atoms with E-state index in [9.17, 15) is 0 Å². The number of nitrogens with zero attached hydrogens (tertiary/aromatic N) is 2. The van der Waals surface area contributed by atoms with Crippen molar-refractivity contribution in [2.75, 3.05) is 0 Å². The van der Waals surface area contributed by atoms with Crippen LogP contribution in [0.1, 0.15) is 68.2 Å². The van der Waals surface area contributed by atoms with Crippen molar-refractivity contribution >= 4 is 21.7 Å². The van der Waals surface area contributed by atoms with Crippen molar-refractivity contribution in [1.29, 1.82) is 0 Å². The van der Waals surface area contributed by atoms with Gasteiger partial charge in [-0.3, -0.25) is 0 Å². The minimum atomic E-state index is -0.169. The first-order chi connectivity index (χ1) is 34.4. The Morgan fingerprint density at radius 1 is 0.429 bits per heavy atom. The van der Waals surface area contributed by atoms with Crippen LogP contribution < -0.4 is 4.74 Å². The molecule has 3 nitrogen and oxygen atoms in total. The molecule has 4 saturated carbocycles. The van der Waals surface area contributed by atoms with E-state index < -0.39 is 0 Å². The summed E-state index contributed by atoms with van der Waals surface area (Å²) in [5.41, 5.74) is 19.3. The van der Waals surface area contributed by atoms with Gasteiger partial charge in [0.15, 0.2) is 5.82 Å². The molecule has 0 unspecified atom stereocenters. The summed E-state index contributed by atoms with van der Waals surface area (Å²) in [6.07, 6.45) is 6.66. The van der Waals surface area contributed by atoms with Crippen molar-refractivity contribution in [1.82, 2.24) is 9.97 Å². The van der Waals surface area contributed by atoms with Crippen molar-refractivity contribution in [3.63, 3.8) is 0 Å². The molecule has 0 atom stereocenters. The minimum Gasteiger partial charge on any atom is -0.456 e. The van der Waals surface area contributed by atoms with Crippen LogP contribution in [-0.2, 0) is 10.8 Å². The second kappa shape index (κ2) is 14.9. The molecule has 0 amide bonds. The highest BCUT2D eigenvalue weighted by atomic mass is 16.5. The first-order valence-corrected chi connectivity index (χ1v) is 25.6. The van der Waals surface area contributed by atoms with E-state index in [4.69, 9.17) is 14.7 Å². The first kappa shape index (κ1) is 40.3. The fraction of sp³-hybridized carbons (Fsp3) is 0.194. The van der Waals surface area contributed by atoms with Crippen LogP contribution in [0.25, 0.3) is 88.8 Å². The third kappa shape index (κ3) is 5.81. The van der Waals surface area contributed by atoms with Crippen LogP contribution in [0.2, 0.25) is 0 Å². The van der Waals surface area contributed by atoms with Gasteiger partial charge in [-0.15, -0.1) is 0 Å². The quantitative estimate of drug-likeness (QED) is 0.173. The van der Waals surface area contributed by atoms with Gasteiger partial charge in [0.05, 0.1) is 11.2 Å². The van der Waals surface area contributed by atoms with Crippen LogP contribution in [-0.4, -0.2) is 9.97 Å². The van der Waals surface area contributed by atoms with Gasteiger partial charge in [0.25, 0.3) is 0 Å². The molecule has 10 aromatic rings. The molecule has 1 aromatic heterocycles. The first-order valence-electron chi connectivity index (χ1n) is 25.6. The maximum absolute atomic E-state index is 7.24. The van der Waals surface area contributed by atoms with Gasteiger partial charge in [0.2, 0.25) is 0 Å². The molecule has 1 aliphatic heterocycles. The fourth-order valence-electron chi connectivity index (χ4n) is 14.8. The summed E-state index contributed by atoms with van der Waals surface area (Å²) >= 11 is 0. The lowest BCUT2D eigenvalue weighted by Gasteiger charge is -2.61. The summed E-state index contributed by atoms with van der Waals surface area (Å²) in [4.78, 5) is 10.9. The third-order valence-corrected chi connectivity index (χ3v) is 17.7. The summed E-state index contributed by atoms with van der Waals surface area (Å²) in [5, 5.41) is 3.52. The average molecular weight is 901 g/mol. The molecule has 9 aromatic carbocycles. The van der Waals surface area contributed by atoms with Crippen molar-refractivity contribution < 1.29 is 4.74 Å². The maximum atomic E-state index is 7.24.